The van der Waals surface area contributed by atoms with Crippen LogP contribution in [0, 0.1) is 0 Å². The first-order valence-electron chi connectivity index (χ1n) is 14.5. The summed E-state index contributed by atoms with van der Waals surface area (Å²) in [5.41, 5.74) is 1.76. The number of rotatable bonds is 18. The van der Waals surface area contributed by atoms with Crippen molar-refractivity contribution in [1.82, 2.24) is 0 Å². The summed E-state index contributed by atoms with van der Waals surface area (Å²) in [4.78, 5) is 5.98. The predicted octanol–water partition coefficient (Wildman–Crippen LogP) is 7.92. The molecule has 0 fully saturated rings. The van der Waals surface area contributed by atoms with Crippen molar-refractivity contribution < 1.29 is 27.0 Å². The van der Waals surface area contributed by atoms with Gasteiger partial charge in [0.1, 0.15) is 24.5 Å². The fraction of sp³-hybridized carbons (Fsp3) is 0.750. The SMILES string of the molecule is C[Si](C)(C)OC/C(=N\OCc1ccccc1)C(O[Si](C)(C)C)C(O[Si](C)(C)C)C(CO[Si](C)(C)C)O[Si](C)(C)C. The van der Waals surface area contributed by atoms with E-state index in [9.17, 15) is 0 Å². The van der Waals surface area contributed by atoms with Gasteiger partial charge < -0.3 is 27.0 Å². The van der Waals surface area contributed by atoms with Crippen molar-refractivity contribution in [3.8, 4) is 0 Å². The molecule has 0 spiro atoms. The van der Waals surface area contributed by atoms with E-state index in [0.717, 1.165) is 5.56 Å². The Morgan fingerprint density at radius 2 is 1.12 bits per heavy atom. The van der Waals surface area contributed by atoms with Crippen molar-refractivity contribution in [1.29, 1.82) is 0 Å². The molecule has 1 aromatic rings. The van der Waals surface area contributed by atoms with Crippen molar-refractivity contribution in [2.45, 2.75) is 123 Å². The van der Waals surface area contributed by atoms with Crippen LogP contribution in [-0.2, 0) is 33.6 Å². The average Bonchev–Trinajstić information content (AvgIpc) is 2.73. The highest BCUT2D eigenvalue weighted by Crippen LogP contribution is 2.26. The fourth-order valence-corrected chi connectivity index (χ4v) is 8.12. The maximum Gasteiger partial charge on any atom is 0.184 e. The average molecular weight is 646 g/mol. The summed E-state index contributed by atoms with van der Waals surface area (Å²) >= 11 is 0. The molecule has 0 N–H and O–H groups in total. The van der Waals surface area contributed by atoms with Crippen LogP contribution in [0.3, 0.4) is 0 Å². The van der Waals surface area contributed by atoms with E-state index in [1.165, 1.54) is 0 Å². The van der Waals surface area contributed by atoms with Crippen LogP contribution in [0.25, 0.3) is 0 Å². The standard InChI is InChI=1S/C28H59NO6Si5/c1-36(2,3)31-22-25(29-30-21-24-19-17-16-18-20-24)27(34-39(10,11)12)28(35-40(13,14)15)26(33-38(7,8)9)23-32-37(4,5)6/h16-20,26-28H,21-23H2,1-15H3/b29-25+. The van der Waals surface area contributed by atoms with Crippen LogP contribution in [0.5, 0.6) is 0 Å². The molecule has 1 aromatic carbocycles. The third-order valence-corrected chi connectivity index (χ3v) is 10.1. The summed E-state index contributed by atoms with van der Waals surface area (Å²) in [6.45, 7) is 34.1. The van der Waals surface area contributed by atoms with Gasteiger partial charge in [-0.15, -0.1) is 0 Å². The summed E-state index contributed by atoms with van der Waals surface area (Å²) in [5, 5.41) is 4.72. The van der Waals surface area contributed by atoms with Crippen LogP contribution in [0.1, 0.15) is 5.56 Å². The van der Waals surface area contributed by atoms with E-state index in [4.69, 9.17) is 32.1 Å². The maximum atomic E-state index is 6.98. The third-order valence-electron chi connectivity index (χ3n) is 5.06. The Kier molecular flexibility index (Phi) is 14.4. The Balaban J connectivity index is 3.67. The molecule has 0 amide bonds. The summed E-state index contributed by atoms with van der Waals surface area (Å²) in [5.74, 6) is 0. The minimum atomic E-state index is -2.08. The lowest BCUT2D eigenvalue weighted by molar-refractivity contribution is -0.0311. The molecule has 0 aromatic heterocycles. The second-order valence-corrected chi connectivity index (χ2v) is 37.7. The zero-order valence-electron chi connectivity index (χ0n) is 28.1. The van der Waals surface area contributed by atoms with E-state index in [-0.39, 0.29) is 6.10 Å². The highest BCUT2D eigenvalue weighted by Gasteiger charge is 2.43. The summed E-state index contributed by atoms with van der Waals surface area (Å²) in [7, 11) is -9.82. The molecule has 232 valence electrons. The van der Waals surface area contributed by atoms with Crippen LogP contribution in [0.4, 0.5) is 0 Å². The van der Waals surface area contributed by atoms with E-state index in [2.05, 4.69) is 98.2 Å². The first-order chi connectivity index (χ1) is 17.9. The lowest BCUT2D eigenvalue weighted by Crippen LogP contribution is -2.58. The van der Waals surface area contributed by atoms with Gasteiger partial charge in [-0.2, -0.15) is 0 Å². The molecule has 12 heteroatoms. The van der Waals surface area contributed by atoms with Gasteiger partial charge in [-0.25, -0.2) is 0 Å². The second kappa shape index (κ2) is 15.3. The number of hydrogen-bond acceptors (Lipinski definition) is 7. The van der Waals surface area contributed by atoms with Gasteiger partial charge in [0.05, 0.1) is 19.3 Å². The molecule has 0 radical (unpaired) electrons. The molecule has 0 saturated carbocycles. The number of nitrogens with zero attached hydrogens (tertiary/aromatic N) is 1. The molecule has 40 heavy (non-hydrogen) atoms. The van der Waals surface area contributed by atoms with Gasteiger partial charge in [-0.3, -0.25) is 0 Å². The molecule has 0 aliphatic rings. The van der Waals surface area contributed by atoms with Crippen molar-refractivity contribution in [3.63, 3.8) is 0 Å². The Morgan fingerprint density at radius 1 is 0.625 bits per heavy atom. The molecule has 1 rings (SSSR count). The van der Waals surface area contributed by atoms with E-state index in [0.29, 0.717) is 25.5 Å². The Hall–Kier alpha value is -0.426. The van der Waals surface area contributed by atoms with Crippen molar-refractivity contribution in [3.05, 3.63) is 35.9 Å². The smallest absolute Gasteiger partial charge is 0.184 e. The molecular weight excluding hydrogens is 587 g/mol. The fourth-order valence-electron chi connectivity index (χ4n) is 3.64. The zero-order chi connectivity index (χ0) is 31.0. The lowest BCUT2D eigenvalue weighted by atomic mass is 10.0. The normalized spacial score (nSPS) is 16.5. The molecule has 0 heterocycles. The van der Waals surface area contributed by atoms with E-state index in [1.807, 2.05) is 30.3 Å². The molecule has 3 unspecified atom stereocenters. The largest absolute Gasteiger partial charge is 0.415 e. The van der Waals surface area contributed by atoms with Crippen LogP contribution in [-0.4, -0.2) is 78.8 Å². The highest BCUT2D eigenvalue weighted by molar-refractivity contribution is 6.71. The third kappa shape index (κ3) is 18.2. The molecule has 0 bridgehead atoms. The van der Waals surface area contributed by atoms with Crippen molar-refractivity contribution in [2.24, 2.45) is 5.16 Å². The monoisotopic (exact) mass is 645 g/mol. The Labute approximate surface area is 251 Å². The Bertz CT molecular complexity index is 899. The molecule has 0 saturated heterocycles. The van der Waals surface area contributed by atoms with E-state index < -0.39 is 53.8 Å². The minimum Gasteiger partial charge on any atom is -0.415 e. The van der Waals surface area contributed by atoms with E-state index in [1.54, 1.807) is 0 Å². The first-order valence-corrected chi connectivity index (χ1v) is 31.5. The number of hydrogen-bond donors (Lipinski definition) is 0. The van der Waals surface area contributed by atoms with Crippen LogP contribution < -0.4 is 0 Å². The van der Waals surface area contributed by atoms with Gasteiger partial charge in [-0.1, -0.05) is 35.5 Å². The summed E-state index contributed by atoms with van der Waals surface area (Å²) < 4.78 is 33.7. The van der Waals surface area contributed by atoms with Gasteiger partial charge in [-0.05, 0) is 104 Å². The maximum absolute atomic E-state index is 6.98. The topological polar surface area (TPSA) is 67.7 Å². The molecular formula is C28H59NO6Si5. The zero-order valence-corrected chi connectivity index (χ0v) is 33.1. The van der Waals surface area contributed by atoms with Gasteiger partial charge in [0.2, 0.25) is 0 Å². The molecule has 7 nitrogen and oxygen atoms in total. The van der Waals surface area contributed by atoms with Crippen LogP contribution >= 0.6 is 0 Å². The highest BCUT2D eigenvalue weighted by atomic mass is 28.4. The van der Waals surface area contributed by atoms with Crippen LogP contribution in [0.15, 0.2) is 35.5 Å². The lowest BCUT2D eigenvalue weighted by Gasteiger charge is -2.42. The Morgan fingerprint density at radius 3 is 1.57 bits per heavy atom. The molecule has 0 aliphatic carbocycles. The number of benzene rings is 1. The van der Waals surface area contributed by atoms with Crippen molar-refractivity contribution in [2.75, 3.05) is 13.2 Å². The summed E-state index contributed by atoms with van der Waals surface area (Å²) in [6.07, 6.45) is -1.21. The van der Waals surface area contributed by atoms with Gasteiger partial charge >= 0.3 is 0 Å². The van der Waals surface area contributed by atoms with Crippen LogP contribution in [0.2, 0.25) is 98.2 Å². The van der Waals surface area contributed by atoms with Gasteiger partial charge in [0.15, 0.2) is 41.6 Å². The molecule has 3 atom stereocenters. The van der Waals surface area contributed by atoms with Gasteiger partial charge in [0, 0.05) is 0 Å². The number of oxime groups is 1. The predicted molar refractivity (Wildman–Crippen MR) is 182 cm³/mol. The second-order valence-electron chi connectivity index (χ2n) is 15.3. The van der Waals surface area contributed by atoms with Crippen molar-refractivity contribution >= 4 is 47.3 Å². The minimum absolute atomic E-state index is 0.308. The summed E-state index contributed by atoms with van der Waals surface area (Å²) in [6, 6.07) is 10.1. The quantitative estimate of drug-likeness (QED) is 0.0918. The molecule has 0 aliphatic heterocycles. The van der Waals surface area contributed by atoms with E-state index >= 15 is 0 Å². The van der Waals surface area contributed by atoms with Gasteiger partial charge in [0.25, 0.3) is 0 Å². The first kappa shape index (κ1) is 37.6.